The van der Waals surface area contributed by atoms with Crippen LogP contribution < -0.4 is 20.6 Å². The topological polar surface area (TPSA) is 85.9 Å². The molecule has 0 bridgehead atoms. The number of hydrazone groups is 1. The highest BCUT2D eigenvalue weighted by atomic mass is 16.5. The van der Waals surface area contributed by atoms with E-state index in [0.717, 1.165) is 0 Å². The molecule has 0 fully saturated rings. The van der Waals surface area contributed by atoms with Crippen LogP contribution in [0, 0.1) is 0 Å². The molecule has 0 heterocycles. The van der Waals surface area contributed by atoms with E-state index in [-0.39, 0.29) is 6.10 Å². The van der Waals surface area contributed by atoms with Gasteiger partial charge in [-0.15, -0.1) is 0 Å². The Bertz CT molecular complexity index is 444. The molecule has 0 radical (unpaired) electrons. The maximum Gasteiger partial charge on any atom is 0.332 e. The van der Waals surface area contributed by atoms with Crippen LogP contribution in [0.15, 0.2) is 23.3 Å². The lowest BCUT2D eigenvalue weighted by Crippen LogP contribution is -2.24. The summed E-state index contributed by atoms with van der Waals surface area (Å²) in [5.41, 5.74) is 7.73. The van der Waals surface area contributed by atoms with Crippen molar-refractivity contribution < 1.29 is 14.3 Å². The second-order valence-corrected chi connectivity index (χ2v) is 3.78. The molecule has 98 valence electrons. The van der Waals surface area contributed by atoms with E-state index in [0.29, 0.717) is 17.1 Å². The fourth-order valence-electron chi connectivity index (χ4n) is 1.32. The second kappa shape index (κ2) is 6.48. The van der Waals surface area contributed by atoms with Gasteiger partial charge in [-0.05, 0) is 26.0 Å². The minimum absolute atomic E-state index is 0.00227. The van der Waals surface area contributed by atoms with Crippen LogP contribution in [0.5, 0.6) is 11.5 Å². The fraction of sp³-hybridized carbons (Fsp3) is 0.333. The molecule has 2 amide bonds. The Hall–Kier alpha value is -2.24. The van der Waals surface area contributed by atoms with Crippen molar-refractivity contribution in [3.05, 3.63) is 23.8 Å². The summed E-state index contributed by atoms with van der Waals surface area (Å²) in [7, 11) is 1.56. The van der Waals surface area contributed by atoms with Gasteiger partial charge < -0.3 is 15.2 Å². The number of methoxy groups -OCH3 is 1. The van der Waals surface area contributed by atoms with Crippen molar-refractivity contribution in [3.8, 4) is 11.5 Å². The van der Waals surface area contributed by atoms with Crippen molar-refractivity contribution in [2.24, 2.45) is 10.8 Å². The van der Waals surface area contributed by atoms with Gasteiger partial charge in [-0.3, -0.25) is 0 Å². The van der Waals surface area contributed by atoms with Crippen LogP contribution in [-0.2, 0) is 0 Å². The number of amides is 2. The van der Waals surface area contributed by atoms with Gasteiger partial charge in [-0.1, -0.05) is 6.07 Å². The first-order valence-electron chi connectivity index (χ1n) is 5.46. The van der Waals surface area contributed by atoms with Crippen LogP contribution >= 0.6 is 0 Å². The third-order valence-corrected chi connectivity index (χ3v) is 1.96. The van der Waals surface area contributed by atoms with Gasteiger partial charge in [-0.25, -0.2) is 10.2 Å². The average molecular weight is 251 g/mol. The molecular weight excluding hydrogens is 234 g/mol. The van der Waals surface area contributed by atoms with E-state index in [9.17, 15) is 4.79 Å². The molecule has 3 N–H and O–H groups in total. The number of hydrogen-bond donors (Lipinski definition) is 2. The summed E-state index contributed by atoms with van der Waals surface area (Å²) >= 11 is 0. The first-order valence-corrected chi connectivity index (χ1v) is 5.46. The molecular formula is C12H17N3O3. The van der Waals surface area contributed by atoms with E-state index < -0.39 is 6.03 Å². The molecule has 0 atom stereocenters. The van der Waals surface area contributed by atoms with E-state index >= 15 is 0 Å². The van der Waals surface area contributed by atoms with Crippen molar-refractivity contribution in [3.63, 3.8) is 0 Å². The zero-order valence-electron chi connectivity index (χ0n) is 10.6. The Labute approximate surface area is 106 Å². The van der Waals surface area contributed by atoms with E-state index in [4.69, 9.17) is 15.2 Å². The Kier molecular flexibility index (Phi) is 4.98. The zero-order chi connectivity index (χ0) is 13.5. The van der Waals surface area contributed by atoms with E-state index in [1.165, 1.54) is 6.21 Å². The molecule has 0 aliphatic rings. The van der Waals surface area contributed by atoms with Crippen molar-refractivity contribution >= 4 is 12.2 Å². The highest BCUT2D eigenvalue weighted by Gasteiger charge is 2.10. The second-order valence-electron chi connectivity index (χ2n) is 3.78. The SMILES string of the molecule is COc1cccc(/C=N/NC(N)=O)c1OC(C)C. The number of nitrogens with one attached hydrogen (secondary N) is 1. The van der Waals surface area contributed by atoms with Gasteiger partial charge in [0.2, 0.25) is 0 Å². The van der Waals surface area contributed by atoms with Gasteiger partial charge in [0.15, 0.2) is 11.5 Å². The van der Waals surface area contributed by atoms with E-state index in [1.807, 2.05) is 13.8 Å². The lowest BCUT2D eigenvalue weighted by Gasteiger charge is -2.15. The Morgan fingerprint density at radius 1 is 1.50 bits per heavy atom. The third kappa shape index (κ3) is 3.97. The largest absolute Gasteiger partial charge is 0.493 e. The minimum atomic E-state index is -0.722. The summed E-state index contributed by atoms with van der Waals surface area (Å²) in [4.78, 5) is 10.5. The average Bonchev–Trinajstić information content (AvgIpc) is 2.30. The Morgan fingerprint density at radius 3 is 2.78 bits per heavy atom. The number of carbonyl (C=O) groups excluding carboxylic acids is 1. The highest BCUT2D eigenvalue weighted by Crippen LogP contribution is 2.30. The molecule has 0 unspecified atom stereocenters. The molecule has 6 heteroatoms. The summed E-state index contributed by atoms with van der Waals surface area (Å²) in [5, 5.41) is 3.70. The Balaban J connectivity index is 3.01. The first kappa shape index (κ1) is 13.8. The summed E-state index contributed by atoms with van der Waals surface area (Å²) in [5.74, 6) is 1.18. The van der Waals surface area contributed by atoms with Gasteiger partial charge in [0, 0.05) is 5.56 Å². The smallest absolute Gasteiger partial charge is 0.332 e. The van der Waals surface area contributed by atoms with Crippen LogP contribution in [0.3, 0.4) is 0 Å². The molecule has 18 heavy (non-hydrogen) atoms. The first-order chi connectivity index (χ1) is 8.54. The van der Waals surface area contributed by atoms with Crippen molar-refractivity contribution in [2.75, 3.05) is 7.11 Å². The lowest BCUT2D eigenvalue weighted by atomic mass is 10.2. The van der Waals surface area contributed by atoms with Crippen LogP contribution in [-0.4, -0.2) is 25.5 Å². The van der Waals surface area contributed by atoms with Gasteiger partial charge in [0.1, 0.15) is 0 Å². The molecule has 0 aromatic heterocycles. The summed E-state index contributed by atoms with van der Waals surface area (Å²) < 4.78 is 10.9. The number of para-hydroxylation sites is 1. The predicted octanol–water partition coefficient (Wildman–Crippen LogP) is 1.48. The quantitative estimate of drug-likeness (QED) is 0.614. The molecule has 0 aliphatic heterocycles. The summed E-state index contributed by atoms with van der Waals surface area (Å²) in [6, 6.07) is 4.67. The number of hydrogen-bond acceptors (Lipinski definition) is 4. The number of benzene rings is 1. The predicted molar refractivity (Wildman–Crippen MR) is 69.1 cm³/mol. The molecule has 6 nitrogen and oxygen atoms in total. The maximum absolute atomic E-state index is 10.5. The van der Waals surface area contributed by atoms with Crippen LogP contribution in [0.4, 0.5) is 4.79 Å². The molecule has 0 saturated heterocycles. The minimum Gasteiger partial charge on any atom is -0.493 e. The highest BCUT2D eigenvalue weighted by molar-refractivity contribution is 5.86. The summed E-state index contributed by atoms with van der Waals surface area (Å²) in [6.07, 6.45) is 1.45. The maximum atomic E-state index is 10.5. The molecule has 1 aromatic carbocycles. The molecule has 0 saturated carbocycles. The standard InChI is InChI=1S/C12H17N3O3/c1-8(2)18-11-9(7-14-15-12(13)16)5-4-6-10(11)17-3/h4-8H,1-3H3,(H3,13,15,16)/b14-7+. The molecule has 1 aromatic rings. The van der Waals surface area contributed by atoms with Gasteiger partial charge >= 0.3 is 6.03 Å². The number of nitrogens with two attached hydrogens (primary N) is 1. The number of primary amides is 1. The molecule has 0 spiro atoms. The number of carbonyl (C=O) groups is 1. The molecule has 0 aliphatic carbocycles. The van der Waals surface area contributed by atoms with Gasteiger partial charge in [0.25, 0.3) is 0 Å². The van der Waals surface area contributed by atoms with E-state index in [2.05, 4.69) is 10.5 Å². The van der Waals surface area contributed by atoms with Crippen molar-refractivity contribution in [1.82, 2.24) is 5.43 Å². The van der Waals surface area contributed by atoms with Crippen LogP contribution in [0.1, 0.15) is 19.4 Å². The monoisotopic (exact) mass is 251 g/mol. The number of ether oxygens (including phenoxy) is 2. The number of urea groups is 1. The molecule has 1 rings (SSSR count). The normalized spacial score (nSPS) is 10.7. The van der Waals surface area contributed by atoms with Gasteiger partial charge in [-0.2, -0.15) is 5.10 Å². The van der Waals surface area contributed by atoms with Gasteiger partial charge in [0.05, 0.1) is 19.4 Å². The Morgan fingerprint density at radius 2 is 2.22 bits per heavy atom. The number of nitrogens with zero attached hydrogens (tertiary/aromatic N) is 1. The third-order valence-electron chi connectivity index (χ3n) is 1.96. The van der Waals surface area contributed by atoms with E-state index in [1.54, 1.807) is 25.3 Å². The summed E-state index contributed by atoms with van der Waals surface area (Å²) in [6.45, 7) is 3.82. The lowest BCUT2D eigenvalue weighted by molar-refractivity contribution is 0.229. The number of rotatable bonds is 5. The fourth-order valence-corrected chi connectivity index (χ4v) is 1.32. The zero-order valence-corrected chi connectivity index (χ0v) is 10.6. The van der Waals surface area contributed by atoms with Crippen LogP contribution in [0.2, 0.25) is 0 Å². The van der Waals surface area contributed by atoms with Crippen molar-refractivity contribution in [2.45, 2.75) is 20.0 Å². The van der Waals surface area contributed by atoms with Crippen molar-refractivity contribution in [1.29, 1.82) is 0 Å². The van der Waals surface area contributed by atoms with Crippen LogP contribution in [0.25, 0.3) is 0 Å².